The third-order valence-corrected chi connectivity index (χ3v) is 2.36. The highest BCUT2D eigenvalue weighted by atomic mass is 35.6. The maximum atomic E-state index is 5.64. The van der Waals surface area contributed by atoms with Crippen LogP contribution in [0.3, 0.4) is 0 Å². The molecule has 0 heterocycles. The molecule has 6 heteroatoms. The van der Waals surface area contributed by atoms with Crippen molar-refractivity contribution in [2.24, 2.45) is 0 Å². The van der Waals surface area contributed by atoms with Crippen LogP contribution in [0.4, 0.5) is 0 Å². The fraction of sp³-hybridized carbons (Fsp3) is 1.00. The zero-order valence-corrected chi connectivity index (χ0v) is 11.2. The second kappa shape index (κ2) is 8.64. The van der Waals surface area contributed by atoms with E-state index in [9.17, 15) is 0 Å². The van der Waals surface area contributed by atoms with Crippen LogP contribution in [0.2, 0.25) is 0 Å². The zero-order valence-electron chi connectivity index (χ0n) is 9.05. The molecule has 0 saturated heterocycles. The second-order valence-electron chi connectivity index (χ2n) is 2.44. The van der Waals surface area contributed by atoms with Crippen molar-refractivity contribution >= 4 is 20.2 Å². The van der Waals surface area contributed by atoms with Crippen LogP contribution in [0.1, 0.15) is 20.8 Å². The lowest BCUT2D eigenvalue weighted by atomic mass is 10.5. The molecule has 0 aromatic heterocycles. The van der Waals surface area contributed by atoms with Crippen molar-refractivity contribution in [3.05, 3.63) is 0 Å². The summed E-state index contributed by atoms with van der Waals surface area (Å²) in [6, 6.07) is 0. The van der Waals surface area contributed by atoms with Crippen molar-refractivity contribution in [2.75, 3.05) is 26.4 Å². The summed E-state index contributed by atoms with van der Waals surface area (Å²) in [6.45, 7) is 7.50. The van der Waals surface area contributed by atoms with Gasteiger partial charge in [-0.15, -0.1) is 11.1 Å². The van der Waals surface area contributed by atoms with Crippen LogP contribution in [-0.2, 0) is 18.6 Å². The molecule has 0 aromatic carbocycles. The first-order chi connectivity index (χ1) is 6.74. The first-order valence-electron chi connectivity index (χ1n) is 4.80. The molecule has 0 aromatic rings. The van der Waals surface area contributed by atoms with Crippen LogP contribution in [0, 0.1) is 0 Å². The van der Waals surface area contributed by atoms with Crippen molar-refractivity contribution in [3.63, 3.8) is 0 Å². The van der Waals surface area contributed by atoms with Crippen molar-refractivity contribution in [3.8, 4) is 0 Å². The van der Waals surface area contributed by atoms with Gasteiger partial charge < -0.3 is 18.6 Å². The quantitative estimate of drug-likeness (QED) is 0.344. The molecule has 0 rings (SSSR count). The fourth-order valence-electron chi connectivity index (χ4n) is 1.00. The molecule has 86 valence electrons. The van der Waals surface area contributed by atoms with Gasteiger partial charge in [0.15, 0.2) is 0 Å². The summed E-state index contributed by atoms with van der Waals surface area (Å²) in [5.74, 6) is -1.09. The molecule has 0 saturated carbocycles. The Hall–Kier alpha value is 0.347. The maximum absolute atomic E-state index is 5.64. The van der Waals surface area contributed by atoms with E-state index in [1.165, 1.54) is 0 Å². The summed E-state index contributed by atoms with van der Waals surface area (Å²) >= 11 is 5.64. The monoisotopic (exact) mass is 242 g/mol. The highest BCUT2D eigenvalue weighted by molar-refractivity contribution is 6.90. The Labute approximate surface area is 92.5 Å². The summed E-state index contributed by atoms with van der Waals surface area (Å²) in [4.78, 5) is 0. The number of hydrogen-bond acceptors (Lipinski definition) is 4. The Balaban J connectivity index is 4.21. The molecule has 0 aliphatic heterocycles. The Morgan fingerprint density at radius 3 is 2.00 bits per heavy atom. The average molecular weight is 243 g/mol. The van der Waals surface area contributed by atoms with E-state index in [-0.39, 0.29) is 6.61 Å². The summed E-state index contributed by atoms with van der Waals surface area (Å²) in [7, 11) is -1.12. The molecule has 0 aliphatic rings. The average Bonchev–Trinajstić information content (AvgIpc) is 2.16. The largest absolute Gasteiger partial charge is 0.373 e. The molecule has 0 radical (unpaired) electrons. The molecular formula is C8H19ClO4Si. The molecule has 0 bridgehead atoms. The summed E-state index contributed by atoms with van der Waals surface area (Å²) in [5.41, 5.74) is 0. The van der Waals surface area contributed by atoms with Crippen LogP contribution < -0.4 is 0 Å². The first-order valence-corrected chi connectivity index (χ1v) is 7.51. The first kappa shape index (κ1) is 14.3. The SMILES string of the molecule is CCOCC(OCC)(OCC)O[SiH2]Cl. The lowest BCUT2D eigenvalue weighted by Gasteiger charge is -2.31. The van der Waals surface area contributed by atoms with E-state index < -0.39 is 15.0 Å². The molecule has 0 fully saturated rings. The van der Waals surface area contributed by atoms with Crippen molar-refractivity contribution in [1.82, 2.24) is 0 Å². The van der Waals surface area contributed by atoms with Gasteiger partial charge >= 0.3 is 0 Å². The van der Waals surface area contributed by atoms with Gasteiger partial charge in [-0.1, -0.05) is 0 Å². The number of halogens is 1. The molecule has 4 nitrogen and oxygen atoms in total. The van der Waals surface area contributed by atoms with Crippen LogP contribution in [0.25, 0.3) is 0 Å². The maximum Gasteiger partial charge on any atom is 0.298 e. The van der Waals surface area contributed by atoms with Crippen LogP contribution >= 0.6 is 11.1 Å². The Bertz CT molecular complexity index is 119. The number of rotatable bonds is 9. The van der Waals surface area contributed by atoms with Gasteiger partial charge in [-0.2, -0.15) is 0 Å². The standard InChI is InChI=1S/C8H19ClO4Si/c1-4-10-7-8(11-5-2,12-6-3)13-14-9/h4-7,14H2,1-3H3. The van der Waals surface area contributed by atoms with E-state index in [1.807, 2.05) is 20.8 Å². The molecule has 0 unspecified atom stereocenters. The summed E-state index contributed by atoms with van der Waals surface area (Å²) in [5, 5.41) is 0. The van der Waals surface area contributed by atoms with E-state index in [1.54, 1.807) is 0 Å². The lowest BCUT2D eigenvalue weighted by molar-refractivity contribution is -0.357. The molecule has 14 heavy (non-hydrogen) atoms. The van der Waals surface area contributed by atoms with Gasteiger partial charge in [0.25, 0.3) is 15.0 Å². The zero-order chi connectivity index (χ0) is 10.9. The van der Waals surface area contributed by atoms with E-state index in [2.05, 4.69) is 0 Å². The molecule has 0 atom stereocenters. The van der Waals surface area contributed by atoms with Crippen molar-refractivity contribution in [1.29, 1.82) is 0 Å². The lowest BCUT2D eigenvalue weighted by Crippen LogP contribution is -2.44. The smallest absolute Gasteiger partial charge is 0.298 e. The van der Waals surface area contributed by atoms with E-state index in [0.29, 0.717) is 19.8 Å². The molecule has 0 amide bonds. The fourth-order valence-corrected chi connectivity index (χ4v) is 1.91. The Kier molecular flexibility index (Phi) is 8.85. The third kappa shape index (κ3) is 5.28. The van der Waals surface area contributed by atoms with Crippen molar-refractivity contribution < 1.29 is 18.6 Å². The predicted octanol–water partition coefficient (Wildman–Crippen LogP) is 1.00. The van der Waals surface area contributed by atoms with Crippen molar-refractivity contribution in [2.45, 2.75) is 26.7 Å². The topological polar surface area (TPSA) is 36.9 Å². The van der Waals surface area contributed by atoms with E-state index in [4.69, 9.17) is 29.7 Å². The molecule has 0 aliphatic carbocycles. The van der Waals surface area contributed by atoms with Gasteiger partial charge in [0.05, 0.1) is 0 Å². The molecule has 0 N–H and O–H groups in total. The minimum absolute atomic E-state index is 0.255. The van der Waals surface area contributed by atoms with Gasteiger partial charge in [0, 0.05) is 19.8 Å². The molecule has 0 spiro atoms. The van der Waals surface area contributed by atoms with Crippen LogP contribution in [0.5, 0.6) is 0 Å². The van der Waals surface area contributed by atoms with Gasteiger partial charge in [-0.25, -0.2) is 0 Å². The summed E-state index contributed by atoms with van der Waals surface area (Å²) < 4.78 is 21.4. The summed E-state index contributed by atoms with van der Waals surface area (Å²) in [6.07, 6.45) is 0. The van der Waals surface area contributed by atoms with E-state index in [0.717, 1.165) is 0 Å². The minimum atomic E-state index is -1.12. The van der Waals surface area contributed by atoms with Gasteiger partial charge in [-0.05, 0) is 20.8 Å². The van der Waals surface area contributed by atoms with Gasteiger partial charge in [0.1, 0.15) is 6.61 Å². The predicted molar refractivity (Wildman–Crippen MR) is 58.0 cm³/mol. The minimum Gasteiger partial charge on any atom is -0.373 e. The molecular weight excluding hydrogens is 224 g/mol. The normalized spacial score (nSPS) is 12.9. The van der Waals surface area contributed by atoms with Crippen LogP contribution in [0.15, 0.2) is 0 Å². The van der Waals surface area contributed by atoms with Crippen LogP contribution in [-0.4, -0.2) is 41.5 Å². The number of hydrogen-bond donors (Lipinski definition) is 0. The third-order valence-electron chi connectivity index (χ3n) is 1.49. The van der Waals surface area contributed by atoms with Gasteiger partial charge in [0.2, 0.25) is 0 Å². The highest BCUT2D eigenvalue weighted by Crippen LogP contribution is 2.16. The highest BCUT2D eigenvalue weighted by Gasteiger charge is 2.32. The Morgan fingerprint density at radius 1 is 1.07 bits per heavy atom. The number of ether oxygens (including phenoxy) is 3. The van der Waals surface area contributed by atoms with E-state index >= 15 is 0 Å². The second-order valence-corrected chi connectivity index (χ2v) is 3.60. The van der Waals surface area contributed by atoms with Gasteiger partial charge in [-0.3, -0.25) is 0 Å². The Morgan fingerprint density at radius 2 is 1.64 bits per heavy atom.